The lowest BCUT2D eigenvalue weighted by Crippen LogP contribution is -2.22. The molecule has 0 spiro atoms. The van der Waals surface area contributed by atoms with E-state index in [1.54, 1.807) is 23.6 Å². The summed E-state index contributed by atoms with van der Waals surface area (Å²) >= 11 is 1.19. The summed E-state index contributed by atoms with van der Waals surface area (Å²) in [5.74, 6) is 0.222. The van der Waals surface area contributed by atoms with Crippen LogP contribution in [0.5, 0.6) is 0 Å². The Kier molecular flexibility index (Phi) is 4.56. The third-order valence-electron chi connectivity index (χ3n) is 2.43. The van der Waals surface area contributed by atoms with Crippen LogP contribution in [0.3, 0.4) is 0 Å². The molecule has 2 heterocycles. The number of nitrogens with zero attached hydrogens (tertiary/aromatic N) is 3. The summed E-state index contributed by atoms with van der Waals surface area (Å²) in [6, 6.07) is 7.14. The van der Waals surface area contributed by atoms with Crippen molar-refractivity contribution in [2.75, 3.05) is 9.44 Å². The van der Waals surface area contributed by atoms with Crippen LogP contribution in [0.4, 0.5) is 10.9 Å². The summed E-state index contributed by atoms with van der Waals surface area (Å²) in [7, 11) is -3.79. The molecule has 0 saturated heterocycles. The van der Waals surface area contributed by atoms with Gasteiger partial charge < -0.3 is 0 Å². The van der Waals surface area contributed by atoms with Gasteiger partial charge in [0.25, 0.3) is 0 Å². The van der Waals surface area contributed by atoms with Crippen molar-refractivity contribution in [3.05, 3.63) is 42.2 Å². The van der Waals surface area contributed by atoms with Gasteiger partial charge in [-0.05, 0) is 12.1 Å². The fourth-order valence-corrected chi connectivity index (χ4v) is 3.27. The number of thiazole rings is 1. The van der Waals surface area contributed by atoms with Crippen molar-refractivity contribution in [1.82, 2.24) is 15.0 Å². The molecule has 21 heavy (non-hydrogen) atoms. The average Bonchev–Trinajstić information content (AvgIpc) is 2.91. The molecular weight excluding hydrogens is 334 g/mol. The molecule has 0 atom stereocenters. The maximum atomic E-state index is 12.0. The Morgan fingerprint density at radius 3 is 2.62 bits per heavy atom. The molecule has 2 N–H and O–H groups in total. The molecule has 0 aliphatic carbocycles. The van der Waals surface area contributed by atoms with Crippen LogP contribution in [0.25, 0.3) is 10.9 Å². The Morgan fingerprint density at radius 1 is 1.05 bits per heavy atom. The van der Waals surface area contributed by atoms with E-state index in [2.05, 4.69) is 24.4 Å². The van der Waals surface area contributed by atoms with Gasteiger partial charge >= 0.3 is 10.2 Å². The number of aromatic nitrogens is 3. The summed E-state index contributed by atoms with van der Waals surface area (Å²) in [6.45, 7) is 0. The number of fused-ring (bicyclic) bond motifs is 1. The van der Waals surface area contributed by atoms with Crippen LogP contribution < -0.4 is 9.44 Å². The van der Waals surface area contributed by atoms with E-state index in [1.807, 2.05) is 6.07 Å². The van der Waals surface area contributed by atoms with Crippen molar-refractivity contribution in [3.8, 4) is 0 Å². The zero-order chi connectivity index (χ0) is 14.0. The average molecular weight is 344 g/mol. The first kappa shape index (κ1) is 15.4. The van der Waals surface area contributed by atoms with Crippen molar-refractivity contribution < 1.29 is 8.42 Å². The van der Waals surface area contributed by atoms with Gasteiger partial charge in [-0.3, -0.25) is 0 Å². The molecule has 0 saturated carbocycles. The van der Waals surface area contributed by atoms with Crippen LogP contribution >= 0.6 is 23.7 Å². The molecule has 3 aromatic rings. The van der Waals surface area contributed by atoms with E-state index in [4.69, 9.17) is 0 Å². The molecule has 0 aliphatic rings. The molecule has 3 rings (SSSR count). The van der Waals surface area contributed by atoms with Crippen LogP contribution in [0.1, 0.15) is 0 Å². The largest absolute Gasteiger partial charge is 0.324 e. The Labute approximate surface area is 131 Å². The van der Waals surface area contributed by atoms with E-state index >= 15 is 0 Å². The summed E-state index contributed by atoms with van der Waals surface area (Å²) in [6.07, 6.45) is 2.83. The predicted molar refractivity (Wildman–Crippen MR) is 85.1 cm³/mol. The van der Waals surface area contributed by atoms with Crippen molar-refractivity contribution in [3.63, 3.8) is 0 Å². The molecule has 0 bridgehead atoms. The van der Waals surface area contributed by atoms with Gasteiger partial charge in [0.2, 0.25) is 0 Å². The zero-order valence-electron chi connectivity index (χ0n) is 10.4. The second-order valence-corrected chi connectivity index (χ2v) is 6.09. The monoisotopic (exact) mass is 343 g/mol. The maximum Gasteiger partial charge on any atom is 0.324 e. The topological polar surface area (TPSA) is 96.9 Å². The van der Waals surface area contributed by atoms with Gasteiger partial charge in [-0.1, -0.05) is 12.1 Å². The molecule has 0 fully saturated rings. The Hall–Kier alpha value is -1.97. The molecule has 2 aromatic heterocycles. The van der Waals surface area contributed by atoms with Gasteiger partial charge in [0.1, 0.15) is 6.33 Å². The number of rotatable bonds is 4. The first-order chi connectivity index (χ1) is 9.64. The summed E-state index contributed by atoms with van der Waals surface area (Å²) in [4.78, 5) is 11.9. The smallest absolute Gasteiger partial charge is 0.250 e. The van der Waals surface area contributed by atoms with E-state index < -0.39 is 10.2 Å². The standard InChI is InChI=1S/C11H9N5O2S2.ClH/c17-20(18,16-11-12-5-6-19-11)15-10-8-3-1-2-4-9(8)13-7-14-10;/h1-7H,(H,12,16)(H,13,14,15);1H. The number of para-hydroxylation sites is 1. The van der Waals surface area contributed by atoms with E-state index in [0.29, 0.717) is 10.9 Å². The minimum absolute atomic E-state index is 0. The summed E-state index contributed by atoms with van der Waals surface area (Å²) in [5, 5.41) is 2.59. The lowest BCUT2D eigenvalue weighted by Gasteiger charge is -2.09. The second kappa shape index (κ2) is 6.20. The fraction of sp³-hybridized carbons (Fsp3) is 0. The number of benzene rings is 1. The first-order valence-corrected chi connectivity index (χ1v) is 7.90. The zero-order valence-corrected chi connectivity index (χ0v) is 12.9. The fourth-order valence-electron chi connectivity index (χ4n) is 1.63. The molecule has 110 valence electrons. The summed E-state index contributed by atoms with van der Waals surface area (Å²) < 4.78 is 28.7. The third-order valence-corrected chi connectivity index (χ3v) is 4.17. The molecule has 0 unspecified atom stereocenters. The molecule has 0 radical (unpaired) electrons. The van der Waals surface area contributed by atoms with Crippen LogP contribution in [0.2, 0.25) is 0 Å². The van der Waals surface area contributed by atoms with Crippen LogP contribution in [0.15, 0.2) is 42.2 Å². The molecule has 1 aromatic carbocycles. The van der Waals surface area contributed by atoms with Crippen LogP contribution in [-0.2, 0) is 10.2 Å². The minimum atomic E-state index is -3.79. The van der Waals surface area contributed by atoms with Crippen molar-refractivity contribution in [2.24, 2.45) is 0 Å². The van der Waals surface area contributed by atoms with Crippen molar-refractivity contribution in [1.29, 1.82) is 0 Å². The molecule has 0 aliphatic heterocycles. The molecule has 7 nitrogen and oxygen atoms in total. The van der Waals surface area contributed by atoms with E-state index in [1.165, 1.54) is 23.9 Å². The SMILES string of the molecule is Cl.O=S(=O)(Nc1nccs1)Nc1ncnc2ccccc12. The minimum Gasteiger partial charge on any atom is -0.250 e. The van der Waals surface area contributed by atoms with Gasteiger partial charge in [-0.2, -0.15) is 8.42 Å². The van der Waals surface area contributed by atoms with Crippen molar-refractivity contribution in [2.45, 2.75) is 0 Å². The third kappa shape index (κ3) is 3.57. The maximum absolute atomic E-state index is 12.0. The normalized spacial score (nSPS) is 10.9. The van der Waals surface area contributed by atoms with Gasteiger partial charge in [0.15, 0.2) is 10.9 Å². The van der Waals surface area contributed by atoms with Gasteiger partial charge in [0, 0.05) is 17.0 Å². The highest BCUT2D eigenvalue weighted by Crippen LogP contribution is 2.20. The van der Waals surface area contributed by atoms with Crippen LogP contribution in [-0.4, -0.2) is 23.4 Å². The predicted octanol–water partition coefficient (Wildman–Crippen LogP) is 2.28. The van der Waals surface area contributed by atoms with Gasteiger partial charge in [-0.25, -0.2) is 24.4 Å². The number of hydrogen-bond donors (Lipinski definition) is 2. The lowest BCUT2D eigenvalue weighted by molar-refractivity contribution is 0.606. The highest BCUT2D eigenvalue weighted by Gasteiger charge is 2.14. The van der Waals surface area contributed by atoms with Gasteiger partial charge in [0.05, 0.1) is 5.52 Å². The Morgan fingerprint density at radius 2 is 1.86 bits per heavy atom. The van der Waals surface area contributed by atoms with E-state index in [9.17, 15) is 8.42 Å². The molecule has 0 amide bonds. The van der Waals surface area contributed by atoms with Gasteiger partial charge in [-0.15, -0.1) is 23.7 Å². The Bertz CT molecular complexity index is 833. The number of nitrogens with one attached hydrogen (secondary N) is 2. The van der Waals surface area contributed by atoms with Crippen LogP contribution in [0, 0.1) is 0 Å². The molecule has 10 heteroatoms. The Balaban J connectivity index is 0.00000161. The molecular formula is C11H10ClN5O2S2. The quantitative estimate of drug-likeness (QED) is 0.757. The number of hydrogen-bond acceptors (Lipinski definition) is 6. The second-order valence-electron chi connectivity index (χ2n) is 3.78. The highest BCUT2D eigenvalue weighted by molar-refractivity contribution is 7.94. The lowest BCUT2D eigenvalue weighted by atomic mass is 10.2. The van der Waals surface area contributed by atoms with E-state index in [0.717, 1.165) is 0 Å². The highest BCUT2D eigenvalue weighted by atomic mass is 35.5. The number of anilines is 2. The van der Waals surface area contributed by atoms with Crippen molar-refractivity contribution >= 4 is 55.8 Å². The van der Waals surface area contributed by atoms with E-state index in [-0.39, 0.29) is 23.4 Å². The number of halogens is 1. The first-order valence-electron chi connectivity index (χ1n) is 5.54. The summed E-state index contributed by atoms with van der Waals surface area (Å²) in [5.41, 5.74) is 0.662.